The first-order valence-corrected chi connectivity index (χ1v) is 6.75. The van der Waals surface area contributed by atoms with Crippen molar-refractivity contribution in [1.29, 1.82) is 0 Å². The number of ether oxygens (including phenoxy) is 3. The fourth-order valence-electron chi connectivity index (χ4n) is 2.28. The second-order valence-electron chi connectivity index (χ2n) is 4.58. The zero-order valence-electron chi connectivity index (χ0n) is 12.9. The number of aromatic amines is 1. The number of rotatable bonds is 5. The van der Waals surface area contributed by atoms with Crippen molar-refractivity contribution in [2.45, 2.75) is 0 Å². The Labute approximate surface area is 132 Å². The summed E-state index contributed by atoms with van der Waals surface area (Å²) in [6, 6.07) is 3.62. The summed E-state index contributed by atoms with van der Waals surface area (Å²) in [5.74, 6) is 1.60. The first-order chi connectivity index (χ1) is 11.3. The molecule has 0 amide bonds. The molecule has 0 bridgehead atoms. The monoisotopic (exact) mass is 313 g/mol. The van der Waals surface area contributed by atoms with Crippen LogP contribution in [0.3, 0.4) is 0 Å². The molecule has 3 aromatic rings. The lowest BCUT2D eigenvalue weighted by Crippen LogP contribution is -1.96. The van der Waals surface area contributed by atoms with Crippen LogP contribution in [0.5, 0.6) is 17.2 Å². The van der Waals surface area contributed by atoms with Crippen molar-refractivity contribution in [3.63, 3.8) is 0 Å². The third-order valence-corrected chi connectivity index (χ3v) is 3.34. The summed E-state index contributed by atoms with van der Waals surface area (Å²) in [5.41, 5.74) is 2.90. The van der Waals surface area contributed by atoms with Crippen LogP contribution in [0.4, 0.5) is 0 Å². The average Bonchev–Trinajstić information content (AvgIpc) is 3.10. The molecule has 2 aromatic heterocycles. The number of benzene rings is 1. The summed E-state index contributed by atoms with van der Waals surface area (Å²) in [6.45, 7) is 0. The largest absolute Gasteiger partial charge is 0.493 e. The van der Waals surface area contributed by atoms with Crippen molar-refractivity contribution in [2.24, 2.45) is 0 Å². The fourth-order valence-corrected chi connectivity index (χ4v) is 2.28. The minimum atomic E-state index is 0.520. The first kappa shape index (κ1) is 14.8. The van der Waals surface area contributed by atoms with Gasteiger partial charge in [0.1, 0.15) is 12.0 Å². The van der Waals surface area contributed by atoms with Gasteiger partial charge in [-0.25, -0.2) is 9.97 Å². The molecule has 0 saturated heterocycles. The molecule has 0 saturated carbocycles. The van der Waals surface area contributed by atoms with Gasteiger partial charge in [0, 0.05) is 23.5 Å². The van der Waals surface area contributed by atoms with E-state index in [1.54, 1.807) is 33.7 Å². The molecule has 2 heterocycles. The second kappa shape index (κ2) is 6.30. The maximum Gasteiger partial charge on any atom is 0.203 e. The number of H-pyrrole nitrogens is 1. The van der Waals surface area contributed by atoms with Gasteiger partial charge in [-0.1, -0.05) is 5.21 Å². The van der Waals surface area contributed by atoms with Crippen LogP contribution in [0.25, 0.3) is 22.5 Å². The van der Waals surface area contributed by atoms with Gasteiger partial charge in [-0.15, -0.1) is 5.10 Å². The van der Waals surface area contributed by atoms with Crippen LogP contribution in [0.15, 0.2) is 30.9 Å². The molecular weight excluding hydrogens is 298 g/mol. The Balaban J connectivity index is 2.15. The number of nitrogens with zero attached hydrogens (tertiary/aromatic N) is 4. The Kier molecular flexibility index (Phi) is 4.05. The van der Waals surface area contributed by atoms with E-state index in [9.17, 15) is 0 Å². The number of aromatic nitrogens is 5. The molecule has 0 atom stereocenters. The highest BCUT2D eigenvalue weighted by atomic mass is 16.5. The SMILES string of the molecule is COc1cc(-c2nn[nH]c2-c2cncnc2)cc(OC)c1OC. The van der Waals surface area contributed by atoms with Crippen molar-refractivity contribution in [3.05, 3.63) is 30.9 Å². The molecule has 1 N–H and O–H groups in total. The van der Waals surface area contributed by atoms with Crippen LogP contribution >= 0.6 is 0 Å². The Morgan fingerprint density at radius 2 is 1.52 bits per heavy atom. The summed E-state index contributed by atoms with van der Waals surface area (Å²) in [7, 11) is 4.69. The molecule has 0 aliphatic rings. The number of methoxy groups -OCH3 is 3. The average molecular weight is 313 g/mol. The van der Waals surface area contributed by atoms with Gasteiger partial charge >= 0.3 is 0 Å². The van der Waals surface area contributed by atoms with Crippen molar-refractivity contribution in [1.82, 2.24) is 25.4 Å². The molecule has 23 heavy (non-hydrogen) atoms. The van der Waals surface area contributed by atoms with Crippen LogP contribution in [0.2, 0.25) is 0 Å². The lowest BCUT2D eigenvalue weighted by Gasteiger charge is -2.13. The fraction of sp³-hybridized carbons (Fsp3) is 0.200. The Morgan fingerprint density at radius 3 is 2.09 bits per heavy atom. The van der Waals surface area contributed by atoms with Gasteiger partial charge in [0.15, 0.2) is 11.5 Å². The van der Waals surface area contributed by atoms with E-state index >= 15 is 0 Å². The van der Waals surface area contributed by atoms with Gasteiger partial charge in [0.25, 0.3) is 0 Å². The van der Waals surface area contributed by atoms with Crippen molar-refractivity contribution < 1.29 is 14.2 Å². The standard InChI is InChI=1S/C15H15N5O3/c1-21-11-4-9(5-12(22-2)15(11)23-3)13-14(19-20-18-13)10-6-16-8-17-7-10/h4-8H,1-3H3,(H,18,19,20). The van der Waals surface area contributed by atoms with Gasteiger partial charge in [0.05, 0.1) is 27.0 Å². The highest BCUT2D eigenvalue weighted by Crippen LogP contribution is 2.42. The molecule has 118 valence electrons. The van der Waals surface area contributed by atoms with Gasteiger partial charge in [-0.05, 0) is 12.1 Å². The Hall–Kier alpha value is -3.16. The summed E-state index contributed by atoms with van der Waals surface area (Å²) in [5, 5.41) is 10.9. The summed E-state index contributed by atoms with van der Waals surface area (Å²) in [6.07, 6.45) is 4.83. The van der Waals surface area contributed by atoms with Gasteiger partial charge in [0.2, 0.25) is 5.75 Å². The molecule has 0 fully saturated rings. The molecule has 3 rings (SSSR count). The van der Waals surface area contributed by atoms with Crippen LogP contribution < -0.4 is 14.2 Å². The molecule has 0 aliphatic carbocycles. The third kappa shape index (κ3) is 2.66. The zero-order valence-corrected chi connectivity index (χ0v) is 12.9. The maximum atomic E-state index is 5.37. The molecule has 0 radical (unpaired) electrons. The van der Waals surface area contributed by atoms with E-state index in [0.717, 1.165) is 11.1 Å². The van der Waals surface area contributed by atoms with E-state index in [4.69, 9.17) is 14.2 Å². The van der Waals surface area contributed by atoms with Crippen LogP contribution in [0.1, 0.15) is 0 Å². The van der Waals surface area contributed by atoms with Crippen LogP contribution in [-0.2, 0) is 0 Å². The van der Waals surface area contributed by atoms with E-state index in [2.05, 4.69) is 25.4 Å². The third-order valence-electron chi connectivity index (χ3n) is 3.34. The number of nitrogens with one attached hydrogen (secondary N) is 1. The zero-order chi connectivity index (χ0) is 16.2. The van der Waals surface area contributed by atoms with Gasteiger partial charge in [-0.3, -0.25) is 5.10 Å². The number of hydrogen-bond acceptors (Lipinski definition) is 7. The summed E-state index contributed by atoms with van der Waals surface area (Å²) in [4.78, 5) is 8.03. The molecule has 8 heteroatoms. The topological polar surface area (TPSA) is 95.0 Å². The Morgan fingerprint density at radius 1 is 0.870 bits per heavy atom. The van der Waals surface area contributed by atoms with Crippen molar-refractivity contribution in [3.8, 4) is 39.8 Å². The highest BCUT2D eigenvalue weighted by molar-refractivity contribution is 5.79. The minimum absolute atomic E-state index is 0.520. The predicted molar refractivity (Wildman–Crippen MR) is 82.5 cm³/mol. The molecular formula is C15H15N5O3. The predicted octanol–water partition coefficient (Wildman–Crippen LogP) is 1.95. The lowest BCUT2D eigenvalue weighted by molar-refractivity contribution is 0.324. The van der Waals surface area contributed by atoms with E-state index in [1.807, 2.05) is 12.1 Å². The van der Waals surface area contributed by atoms with Gasteiger partial charge < -0.3 is 14.2 Å². The second-order valence-corrected chi connectivity index (χ2v) is 4.58. The lowest BCUT2D eigenvalue weighted by atomic mass is 10.1. The molecule has 0 aliphatic heterocycles. The van der Waals surface area contributed by atoms with Gasteiger partial charge in [-0.2, -0.15) is 0 Å². The Bertz CT molecular complexity index is 779. The van der Waals surface area contributed by atoms with E-state index in [-0.39, 0.29) is 0 Å². The quantitative estimate of drug-likeness (QED) is 0.769. The van der Waals surface area contributed by atoms with E-state index in [0.29, 0.717) is 28.6 Å². The molecule has 0 unspecified atom stereocenters. The van der Waals surface area contributed by atoms with E-state index < -0.39 is 0 Å². The van der Waals surface area contributed by atoms with Crippen LogP contribution in [-0.4, -0.2) is 46.7 Å². The summed E-state index contributed by atoms with van der Waals surface area (Å²) >= 11 is 0. The highest BCUT2D eigenvalue weighted by Gasteiger charge is 2.18. The normalized spacial score (nSPS) is 10.4. The minimum Gasteiger partial charge on any atom is -0.493 e. The summed E-state index contributed by atoms with van der Waals surface area (Å²) < 4.78 is 16.1. The van der Waals surface area contributed by atoms with E-state index in [1.165, 1.54) is 6.33 Å². The maximum absolute atomic E-state index is 5.37. The number of hydrogen-bond donors (Lipinski definition) is 1. The van der Waals surface area contributed by atoms with Crippen molar-refractivity contribution >= 4 is 0 Å². The van der Waals surface area contributed by atoms with Crippen molar-refractivity contribution in [2.75, 3.05) is 21.3 Å². The molecule has 1 aromatic carbocycles. The molecule has 0 spiro atoms. The van der Waals surface area contributed by atoms with Crippen LogP contribution in [0, 0.1) is 0 Å². The first-order valence-electron chi connectivity index (χ1n) is 6.75. The molecule has 8 nitrogen and oxygen atoms in total. The smallest absolute Gasteiger partial charge is 0.203 e.